The Bertz CT molecular complexity index is 402. The van der Waals surface area contributed by atoms with Crippen LogP contribution in [0.5, 0.6) is 0 Å². The first-order valence-electron chi connectivity index (χ1n) is 6.41. The molecule has 1 fully saturated rings. The minimum Gasteiger partial charge on any atom is -0.385 e. The standard InChI is InChI=1S/C12H22N4O2S/c1-16-10(6-15-11(16)19-2)5-14-8-12(17)7-13-3-4-18-9-12/h6,13-14,17H,3-5,7-9H2,1-2H3/t12-/m1/s1. The lowest BCUT2D eigenvalue weighted by molar-refractivity contribution is -0.0265. The van der Waals surface area contributed by atoms with Gasteiger partial charge in [0.1, 0.15) is 5.60 Å². The maximum absolute atomic E-state index is 10.4. The van der Waals surface area contributed by atoms with Crippen molar-refractivity contribution in [1.29, 1.82) is 0 Å². The molecule has 1 saturated heterocycles. The predicted octanol–water partition coefficient (Wildman–Crippen LogP) is -0.417. The van der Waals surface area contributed by atoms with E-state index in [4.69, 9.17) is 4.74 Å². The largest absolute Gasteiger partial charge is 0.385 e. The van der Waals surface area contributed by atoms with Crippen molar-refractivity contribution in [2.24, 2.45) is 7.05 Å². The van der Waals surface area contributed by atoms with Gasteiger partial charge in [0.15, 0.2) is 5.16 Å². The summed E-state index contributed by atoms with van der Waals surface area (Å²) in [4.78, 5) is 4.32. The summed E-state index contributed by atoms with van der Waals surface area (Å²) in [5.74, 6) is 0. The lowest BCUT2D eigenvalue weighted by Crippen LogP contribution is -2.50. The average molecular weight is 286 g/mol. The molecule has 0 bridgehead atoms. The molecule has 0 aromatic carbocycles. The molecular weight excluding hydrogens is 264 g/mol. The van der Waals surface area contributed by atoms with E-state index in [0.29, 0.717) is 32.8 Å². The Morgan fingerprint density at radius 3 is 3.26 bits per heavy atom. The fourth-order valence-corrected chi connectivity index (χ4v) is 2.64. The maximum atomic E-state index is 10.4. The van der Waals surface area contributed by atoms with E-state index in [1.54, 1.807) is 11.8 Å². The molecule has 1 aromatic rings. The molecule has 2 heterocycles. The number of thioether (sulfide) groups is 1. The van der Waals surface area contributed by atoms with Crippen molar-refractivity contribution in [1.82, 2.24) is 20.2 Å². The number of hydrogen-bond donors (Lipinski definition) is 3. The van der Waals surface area contributed by atoms with Gasteiger partial charge in [-0.1, -0.05) is 11.8 Å². The zero-order valence-electron chi connectivity index (χ0n) is 11.5. The summed E-state index contributed by atoms with van der Waals surface area (Å²) in [5, 5.41) is 17.8. The first kappa shape index (κ1) is 14.8. The summed E-state index contributed by atoms with van der Waals surface area (Å²) < 4.78 is 7.44. The molecule has 0 radical (unpaired) electrons. The zero-order chi connectivity index (χ0) is 13.7. The Kier molecular flexibility index (Phi) is 5.23. The highest BCUT2D eigenvalue weighted by molar-refractivity contribution is 7.98. The van der Waals surface area contributed by atoms with Crippen molar-refractivity contribution < 1.29 is 9.84 Å². The van der Waals surface area contributed by atoms with Crippen molar-refractivity contribution in [3.8, 4) is 0 Å². The molecular formula is C12H22N4O2S. The van der Waals surface area contributed by atoms with E-state index in [1.807, 2.05) is 19.5 Å². The fraction of sp³-hybridized carbons (Fsp3) is 0.750. The molecule has 0 saturated carbocycles. The number of imidazole rings is 1. The number of ether oxygens (including phenoxy) is 1. The third-order valence-corrected chi connectivity index (χ3v) is 3.98. The summed E-state index contributed by atoms with van der Waals surface area (Å²) >= 11 is 1.62. The van der Waals surface area contributed by atoms with Crippen LogP contribution < -0.4 is 10.6 Å². The summed E-state index contributed by atoms with van der Waals surface area (Å²) in [6, 6.07) is 0. The Morgan fingerprint density at radius 1 is 1.68 bits per heavy atom. The molecule has 0 amide bonds. The van der Waals surface area contributed by atoms with Gasteiger partial charge in [-0.2, -0.15) is 0 Å². The van der Waals surface area contributed by atoms with Crippen LogP contribution >= 0.6 is 11.8 Å². The summed E-state index contributed by atoms with van der Waals surface area (Å²) in [6.07, 6.45) is 3.88. The predicted molar refractivity (Wildman–Crippen MR) is 75.3 cm³/mol. The van der Waals surface area contributed by atoms with Gasteiger partial charge in [-0.05, 0) is 6.26 Å². The van der Waals surface area contributed by atoms with Crippen molar-refractivity contribution in [3.63, 3.8) is 0 Å². The topological polar surface area (TPSA) is 71.3 Å². The van der Waals surface area contributed by atoms with Gasteiger partial charge in [-0.25, -0.2) is 4.98 Å². The molecule has 2 rings (SSSR count). The van der Waals surface area contributed by atoms with Crippen LogP contribution in [0.2, 0.25) is 0 Å². The van der Waals surface area contributed by atoms with Gasteiger partial charge in [0.2, 0.25) is 0 Å². The van der Waals surface area contributed by atoms with Gasteiger partial charge in [0.05, 0.1) is 25.1 Å². The zero-order valence-corrected chi connectivity index (χ0v) is 12.3. The van der Waals surface area contributed by atoms with Crippen LogP contribution in [0.4, 0.5) is 0 Å². The van der Waals surface area contributed by atoms with E-state index < -0.39 is 5.60 Å². The summed E-state index contributed by atoms with van der Waals surface area (Å²) in [5.41, 5.74) is 0.271. The van der Waals surface area contributed by atoms with Gasteiger partial charge < -0.3 is 25.0 Å². The van der Waals surface area contributed by atoms with Gasteiger partial charge in [0.25, 0.3) is 0 Å². The number of β-amino-alcohol motifs (C(OH)–C–C–N with tert-alkyl or cyclic N) is 1. The van der Waals surface area contributed by atoms with Gasteiger partial charge in [-0.15, -0.1) is 0 Å². The van der Waals surface area contributed by atoms with Gasteiger partial charge in [0, 0.05) is 33.2 Å². The smallest absolute Gasteiger partial charge is 0.167 e. The molecule has 0 spiro atoms. The second-order valence-electron chi connectivity index (χ2n) is 4.85. The highest BCUT2D eigenvalue weighted by Crippen LogP contribution is 2.13. The lowest BCUT2D eigenvalue weighted by Gasteiger charge is -2.26. The number of hydrogen-bond acceptors (Lipinski definition) is 6. The number of rotatable bonds is 5. The minimum atomic E-state index is -0.836. The van der Waals surface area contributed by atoms with E-state index in [2.05, 4.69) is 20.2 Å². The van der Waals surface area contributed by atoms with Crippen LogP contribution in [0.3, 0.4) is 0 Å². The van der Waals surface area contributed by atoms with Gasteiger partial charge in [-0.3, -0.25) is 0 Å². The average Bonchev–Trinajstić information content (AvgIpc) is 2.60. The number of aliphatic hydroxyl groups is 1. The Hall–Kier alpha value is -0.600. The van der Waals surface area contributed by atoms with E-state index >= 15 is 0 Å². The van der Waals surface area contributed by atoms with Crippen molar-refractivity contribution in [2.75, 3.05) is 39.1 Å². The quantitative estimate of drug-likeness (QED) is 0.639. The first-order valence-corrected chi connectivity index (χ1v) is 7.63. The fourth-order valence-electron chi connectivity index (χ4n) is 2.10. The van der Waals surface area contributed by atoms with Crippen LogP contribution in [0.15, 0.2) is 11.4 Å². The van der Waals surface area contributed by atoms with Crippen LogP contribution in [0, 0.1) is 0 Å². The number of nitrogens with one attached hydrogen (secondary N) is 2. The second-order valence-corrected chi connectivity index (χ2v) is 5.63. The molecule has 6 nitrogen and oxygen atoms in total. The van der Waals surface area contributed by atoms with Crippen LogP contribution in [-0.2, 0) is 18.3 Å². The SMILES string of the molecule is CSc1ncc(CNC[C@]2(O)CNCCOC2)n1C. The van der Waals surface area contributed by atoms with E-state index in [9.17, 15) is 5.11 Å². The highest BCUT2D eigenvalue weighted by Gasteiger charge is 2.28. The third-order valence-electron chi connectivity index (χ3n) is 3.23. The van der Waals surface area contributed by atoms with Crippen LogP contribution in [-0.4, -0.2) is 59.4 Å². The summed E-state index contributed by atoms with van der Waals surface area (Å²) in [7, 11) is 2.00. The Morgan fingerprint density at radius 2 is 2.53 bits per heavy atom. The van der Waals surface area contributed by atoms with E-state index in [1.165, 1.54) is 0 Å². The molecule has 7 heteroatoms. The normalized spacial score (nSPS) is 24.4. The molecule has 1 aliphatic heterocycles. The van der Waals surface area contributed by atoms with Crippen LogP contribution in [0.25, 0.3) is 0 Å². The molecule has 3 N–H and O–H groups in total. The maximum Gasteiger partial charge on any atom is 0.167 e. The van der Waals surface area contributed by atoms with Gasteiger partial charge >= 0.3 is 0 Å². The van der Waals surface area contributed by atoms with Crippen molar-refractivity contribution >= 4 is 11.8 Å². The molecule has 0 unspecified atom stereocenters. The first-order chi connectivity index (χ1) is 9.14. The monoisotopic (exact) mass is 286 g/mol. The number of nitrogens with zero attached hydrogens (tertiary/aromatic N) is 2. The molecule has 0 aliphatic carbocycles. The third kappa shape index (κ3) is 3.93. The highest BCUT2D eigenvalue weighted by atomic mass is 32.2. The van der Waals surface area contributed by atoms with Crippen LogP contribution in [0.1, 0.15) is 5.69 Å². The summed E-state index contributed by atoms with van der Waals surface area (Å²) in [6.45, 7) is 3.56. The number of aromatic nitrogens is 2. The Labute approximate surface area is 117 Å². The minimum absolute atomic E-state index is 0.369. The second kappa shape index (κ2) is 6.71. The molecule has 1 aliphatic rings. The lowest BCUT2D eigenvalue weighted by atomic mass is 10.1. The van der Waals surface area contributed by atoms with E-state index in [-0.39, 0.29) is 0 Å². The molecule has 19 heavy (non-hydrogen) atoms. The van der Waals surface area contributed by atoms with E-state index in [0.717, 1.165) is 17.4 Å². The molecule has 1 atom stereocenters. The molecule has 1 aromatic heterocycles. The van der Waals surface area contributed by atoms with Crippen molar-refractivity contribution in [2.45, 2.75) is 17.3 Å². The molecule has 108 valence electrons. The Balaban J connectivity index is 1.83. The van der Waals surface area contributed by atoms with Crippen molar-refractivity contribution in [3.05, 3.63) is 11.9 Å².